The highest BCUT2D eigenvalue weighted by Gasteiger charge is 2.16. The maximum absolute atomic E-state index is 12.6. The second kappa shape index (κ2) is 11.7. The first-order valence-corrected chi connectivity index (χ1v) is 11.8. The Morgan fingerprint density at radius 3 is 2.42 bits per heavy atom. The Bertz CT molecular complexity index is 1140. The second-order valence-electron chi connectivity index (χ2n) is 6.53. The number of amides is 1. The lowest BCUT2D eigenvalue weighted by Gasteiger charge is -2.13. The molecule has 0 fully saturated rings. The Morgan fingerprint density at radius 2 is 1.76 bits per heavy atom. The van der Waals surface area contributed by atoms with Crippen molar-refractivity contribution in [3.63, 3.8) is 0 Å². The van der Waals surface area contributed by atoms with Gasteiger partial charge in [0.1, 0.15) is 23.9 Å². The molecule has 2 aromatic carbocycles. The van der Waals surface area contributed by atoms with Gasteiger partial charge in [0.2, 0.25) is 5.91 Å². The summed E-state index contributed by atoms with van der Waals surface area (Å²) in [6, 6.07) is 8.18. The molecule has 8 nitrogen and oxygen atoms in total. The average molecular weight is 532 g/mol. The highest BCUT2D eigenvalue weighted by atomic mass is 35.5. The van der Waals surface area contributed by atoms with Crippen LogP contribution in [0, 0.1) is 0 Å². The van der Waals surface area contributed by atoms with Gasteiger partial charge in [-0.25, -0.2) is 0 Å². The van der Waals surface area contributed by atoms with Crippen molar-refractivity contribution in [2.45, 2.75) is 25.2 Å². The lowest BCUT2D eigenvalue weighted by molar-refractivity contribution is -0.113. The van der Waals surface area contributed by atoms with Crippen molar-refractivity contribution in [3.05, 3.63) is 51.2 Å². The summed E-state index contributed by atoms with van der Waals surface area (Å²) in [7, 11) is 2.99. The van der Waals surface area contributed by atoms with Gasteiger partial charge in [-0.15, -0.1) is 10.2 Å². The van der Waals surface area contributed by atoms with Crippen LogP contribution in [-0.2, 0) is 17.9 Å². The van der Waals surface area contributed by atoms with E-state index >= 15 is 0 Å². The third-order valence-corrected chi connectivity index (χ3v) is 6.23. The van der Waals surface area contributed by atoms with E-state index in [4.69, 9.17) is 49.0 Å². The molecule has 12 heteroatoms. The normalized spacial score (nSPS) is 10.7. The number of hydrogen-bond acceptors (Lipinski definition) is 7. The minimum absolute atomic E-state index is 0.107. The fourth-order valence-corrected chi connectivity index (χ4v) is 4.37. The van der Waals surface area contributed by atoms with Crippen molar-refractivity contribution in [3.8, 4) is 17.2 Å². The summed E-state index contributed by atoms with van der Waals surface area (Å²) in [6.45, 7) is 2.72. The van der Waals surface area contributed by atoms with Crippen LogP contribution in [0.5, 0.6) is 17.2 Å². The highest BCUT2D eigenvalue weighted by molar-refractivity contribution is 7.99. The Hall–Kier alpha value is -2.33. The molecule has 3 aromatic rings. The lowest BCUT2D eigenvalue weighted by atomic mass is 10.2. The van der Waals surface area contributed by atoms with E-state index in [9.17, 15) is 4.79 Å². The van der Waals surface area contributed by atoms with Gasteiger partial charge in [0.25, 0.3) is 0 Å². The van der Waals surface area contributed by atoms with Crippen LogP contribution in [0.3, 0.4) is 0 Å². The van der Waals surface area contributed by atoms with E-state index in [0.717, 1.165) is 0 Å². The fraction of sp³-hybridized carbons (Fsp3) is 0.286. The van der Waals surface area contributed by atoms with Crippen LogP contribution in [0.2, 0.25) is 15.1 Å². The van der Waals surface area contributed by atoms with E-state index in [0.29, 0.717) is 55.5 Å². The number of nitrogens with one attached hydrogen (secondary N) is 1. The molecular weight excluding hydrogens is 511 g/mol. The fourth-order valence-electron chi connectivity index (χ4n) is 2.86. The first-order chi connectivity index (χ1) is 15.9. The minimum atomic E-state index is -0.251. The zero-order valence-electron chi connectivity index (χ0n) is 18.0. The number of ether oxygens (including phenoxy) is 3. The number of nitrogens with zero attached hydrogens (tertiary/aromatic N) is 3. The standard InChI is InChI=1S/C21H21Cl3N4O4S/c1-4-28-19(10-32-16-6-5-12(22)7-13(16)23)26-27-21(28)33-11-20(29)25-15-9-17(30-2)14(24)8-18(15)31-3/h5-9H,4,10-11H2,1-3H3,(H,25,29). The summed E-state index contributed by atoms with van der Waals surface area (Å²) in [5, 5.41) is 13.1. The molecule has 0 unspecified atom stereocenters. The van der Waals surface area contributed by atoms with Crippen LogP contribution >= 0.6 is 46.6 Å². The predicted octanol–water partition coefficient (Wildman–Crippen LogP) is 5.59. The molecule has 0 saturated heterocycles. The largest absolute Gasteiger partial charge is 0.495 e. The number of carbonyl (C=O) groups excluding carboxylic acids is 1. The summed E-state index contributed by atoms with van der Waals surface area (Å²) in [4.78, 5) is 12.6. The van der Waals surface area contributed by atoms with Crippen LogP contribution in [0.1, 0.15) is 12.7 Å². The maximum Gasteiger partial charge on any atom is 0.234 e. The van der Waals surface area contributed by atoms with Gasteiger partial charge in [0, 0.05) is 23.7 Å². The quantitative estimate of drug-likeness (QED) is 0.341. The molecule has 3 rings (SSSR count). The molecule has 0 spiro atoms. The molecule has 0 radical (unpaired) electrons. The zero-order valence-corrected chi connectivity index (χ0v) is 21.1. The number of methoxy groups -OCH3 is 2. The van der Waals surface area contributed by atoms with Crippen molar-refractivity contribution in [2.24, 2.45) is 0 Å². The van der Waals surface area contributed by atoms with Gasteiger partial charge in [-0.2, -0.15) is 0 Å². The SMILES string of the molecule is CCn1c(COc2ccc(Cl)cc2Cl)nnc1SCC(=O)Nc1cc(OC)c(Cl)cc1OC. The molecule has 0 saturated carbocycles. The van der Waals surface area contributed by atoms with Gasteiger partial charge in [-0.3, -0.25) is 4.79 Å². The number of rotatable bonds is 10. The summed E-state index contributed by atoms with van der Waals surface area (Å²) >= 11 is 19.4. The third kappa shape index (κ3) is 6.38. The molecule has 33 heavy (non-hydrogen) atoms. The average Bonchev–Trinajstić information content (AvgIpc) is 3.19. The minimum Gasteiger partial charge on any atom is -0.495 e. The van der Waals surface area contributed by atoms with Crippen LogP contribution in [0.15, 0.2) is 35.5 Å². The highest BCUT2D eigenvalue weighted by Crippen LogP contribution is 2.36. The van der Waals surface area contributed by atoms with Crippen LogP contribution in [0.4, 0.5) is 5.69 Å². The molecule has 0 aliphatic heterocycles. The van der Waals surface area contributed by atoms with Gasteiger partial charge < -0.3 is 24.1 Å². The Morgan fingerprint density at radius 1 is 1.03 bits per heavy atom. The predicted molar refractivity (Wildman–Crippen MR) is 130 cm³/mol. The van der Waals surface area contributed by atoms with E-state index in [2.05, 4.69) is 15.5 Å². The third-order valence-electron chi connectivity index (χ3n) is 4.44. The van der Waals surface area contributed by atoms with Gasteiger partial charge in [0.05, 0.1) is 35.7 Å². The number of anilines is 1. The van der Waals surface area contributed by atoms with Crippen LogP contribution in [0.25, 0.3) is 0 Å². The summed E-state index contributed by atoms with van der Waals surface area (Å²) in [5.74, 6) is 1.81. The molecule has 176 valence electrons. The smallest absolute Gasteiger partial charge is 0.234 e. The summed E-state index contributed by atoms with van der Waals surface area (Å²) in [6.07, 6.45) is 0. The topological polar surface area (TPSA) is 87.5 Å². The van der Waals surface area contributed by atoms with Gasteiger partial charge in [-0.05, 0) is 25.1 Å². The number of hydrogen-bond donors (Lipinski definition) is 1. The van der Waals surface area contributed by atoms with Crippen molar-refractivity contribution in [1.29, 1.82) is 0 Å². The number of benzene rings is 2. The number of halogens is 3. The molecule has 0 bridgehead atoms. The zero-order chi connectivity index (χ0) is 24.0. The maximum atomic E-state index is 12.6. The monoisotopic (exact) mass is 530 g/mol. The molecule has 1 amide bonds. The van der Waals surface area contributed by atoms with E-state index < -0.39 is 0 Å². The van der Waals surface area contributed by atoms with E-state index in [1.807, 2.05) is 11.5 Å². The van der Waals surface area contributed by atoms with E-state index in [1.54, 1.807) is 30.3 Å². The van der Waals surface area contributed by atoms with Crippen molar-refractivity contribution >= 4 is 58.2 Å². The first kappa shape index (κ1) is 25.3. The molecular formula is C21H21Cl3N4O4S. The van der Waals surface area contributed by atoms with Gasteiger partial charge in [-0.1, -0.05) is 46.6 Å². The van der Waals surface area contributed by atoms with Gasteiger partial charge in [0.15, 0.2) is 11.0 Å². The molecule has 1 aromatic heterocycles. The Balaban J connectivity index is 1.63. The first-order valence-electron chi connectivity index (χ1n) is 9.70. The van der Waals surface area contributed by atoms with Gasteiger partial charge >= 0.3 is 0 Å². The van der Waals surface area contributed by atoms with Crippen LogP contribution in [-0.4, -0.2) is 40.6 Å². The van der Waals surface area contributed by atoms with Crippen molar-refractivity contribution < 1.29 is 19.0 Å². The molecule has 0 aliphatic carbocycles. The van der Waals surface area contributed by atoms with Crippen LogP contribution < -0.4 is 19.5 Å². The van der Waals surface area contributed by atoms with Crippen molar-refractivity contribution in [1.82, 2.24) is 14.8 Å². The lowest BCUT2D eigenvalue weighted by Crippen LogP contribution is -2.15. The molecule has 1 heterocycles. The summed E-state index contributed by atoms with van der Waals surface area (Å²) in [5.41, 5.74) is 0.454. The molecule has 0 atom stereocenters. The number of aromatic nitrogens is 3. The molecule has 1 N–H and O–H groups in total. The Labute approximate surface area is 210 Å². The second-order valence-corrected chi connectivity index (χ2v) is 8.72. The molecule has 0 aliphatic rings. The Kier molecular flexibility index (Phi) is 8.96. The number of carbonyl (C=O) groups is 1. The van der Waals surface area contributed by atoms with Crippen molar-refractivity contribution in [2.75, 3.05) is 25.3 Å². The van der Waals surface area contributed by atoms with E-state index in [-0.39, 0.29) is 18.3 Å². The van der Waals surface area contributed by atoms with E-state index in [1.165, 1.54) is 26.0 Å². The number of thioether (sulfide) groups is 1. The summed E-state index contributed by atoms with van der Waals surface area (Å²) < 4.78 is 18.1.